The summed E-state index contributed by atoms with van der Waals surface area (Å²) in [5.41, 5.74) is 3.03. The topological polar surface area (TPSA) is 45.5 Å². The van der Waals surface area contributed by atoms with Gasteiger partial charge in [0.15, 0.2) is 5.96 Å². The van der Waals surface area contributed by atoms with Gasteiger partial charge in [-0.25, -0.2) is 0 Å². The highest BCUT2D eigenvalue weighted by atomic mass is 15.3. The van der Waals surface area contributed by atoms with Crippen molar-refractivity contribution in [2.45, 2.75) is 43.9 Å². The van der Waals surface area contributed by atoms with Crippen molar-refractivity contribution >= 4 is 5.96 Å². The molecule has 1 aliphatic heterocycles. The Bertz CT molecular complexity index is 775. The van der Waals surface area contributed by atoms with Crippen molar-refractivity contribution < 1.29 is 0 Å². The van der Waals surface area contributed by atoms with Gasteiger partial charge in [0.25, 0.3) is 0 Å². The molecule has 1 N–H and O–H groups in total. The monoisotopic (exact) mass is 365 g/mol. The maximum Gasteiger partial charge on any atom is 0.193 e. The van der Waals surface area contributed by atoms with Crippen molar-refractivity contribution in [3.8, 4) is 0 Å². The molecule has 0 bridgehead atoms. The van der Waals surface area contributed by atoms with Crippen molar-refractivity contribution in [2.75, 3.05) is 26.2 Å². The number of nitrogens with zero attached hydrogens (tertiary/aromatic N) is 4. The summed E-state index contributed by atoms with van der Waals surface area (Å²) in [6.45, 7) is 6.03. The lowest BCUT2D eigenvalue weighted by molar-refractivity contribution is 0.252. The number of hydrogen-bond donors (Lipinski definition) is 1. The Morgan fingerprint density at radius 3 is 2.74 bits per heavy atom. The Labute approximate surface area is 162 Å². The van der Waals surface area contributed by atoms with E-state index in [4.69, 9.17) is 4.99 Å². The summed E-state index contributed by atoms with van der Waals surface area (Å²) >= 11 is 0. The predicted octanol–water partition coefficient (Wildman–Crippen LogP) is 3.30. The number of hydrogen-bond acceptors (Lipinski definition) is 2. The zero-order valence-electron chi connectivity index (χ0n) is 16.6. The molecule has 2 aromatic rings. The van der Waals surface area contributed by atoms with Gasteiger partial charge in [-0.1, -0.05) is 36.8 Å². The quantitative estimate of drug-likeness (QED) is 0.653. The van der Waals surface area contributed by atoms with Gasteiger partial charge in [0.2, 0.25) is 0 Å². The largest absolute Gasteiger partial charge is 0.357 e. The number of likely N-dealkylation sites (tertiary alicyclic amines) is 1. The van der Waals surface area contributed by atoms with E-state index in [9.17, 15) is 0 Å². The van der Waals surface area contributed by atoms with Gasteiger partial charge in [-0.3, -0.25) is 9.67 Å². The Kier molecular flexibility index (Phi) is 5.19. The number of aryl methyl sites for hydroxylation is 1. The molecule has 0 radical (unpaired) electrons. The lowest BCUT2D eigenvalue weighted by Gasteiger charge is -2.41. The van der Waals surface area contributed by atoms with Crippen LogP contribution in [-0.2, 0) is 12.5 Å². The Hall–Kier alpha value is -2.30. The molecule has 2 fully saturated rings. The van der Waals surface area contributed by atoms with Crippen LogP contribution in [0.15, 0.2) is 47.7 Å². The summed E-state index contributed by atoms with van der Waals surface area (Å²) in [5, 5.41) is 7.87. The number of guanidine groups is 1. The van der Waals surface area contributed by atoms with Crippen LogP contribution in [0, 0.1) is 0 Å². The van der Waals surface area contributed by atoms with Gasteiger partial charge in [-0.2, -0.15) is 5.10 Å². The first kappa shape index (κ1) is 18.1. The van der Waals surface area contributed by atoms with Crippen LogP contribution >= 0.6 is 0 Å². The third-order valence-corrected chi connectivity index (χ3v) is 6.25. The first-order chi connectivity index (χ1) is 13.2. The Morgan fingerprint density at radius 1 is 1.30 bits per heavy atom. The number of rotatable bonds is 5. The van der Waals surface area contributed by atoms with Crippen LogP contribution in [0.1, 0.15) is 49.7 Å². The van der Waals surface area contributed by atoms with Gasteiger partial charge in [0.05, 0.1) is 12.7 Å². The van der Waals surface area contributed by atoms with Gasteiger partial charge in [0, 0.05) is 44.2 Å². The molecule has 0 amide bonds. The molecule has 2 aliphatic rings. The molecule has 1 unspecified atom stereocenters. The molecule has 0 spiro atoms. The Morgan fingerprint density at radius 2 is 2.11 bits per heavy atom. The van der Waals surface area contributed by atoms with E-state index in [0.717, 1.165) is 32.1 Å². The minimum Gasteiger partial charge on any atom is -0.357 e. The lowest BCUT2D eigenvalue weighted by atomic mass is 9.64. The van der Waals surface area contributed by atoms with Crippen LogP contribution in [0.5, 0.6) is 0 Å². The van der Waals surface area contributed by atoms with E-state index in [1.54, 1.807) is 0 Å². The van der Waals surface area contributed by atoms with E-state index >= 15 is 0 Å². The average molecular weight is 366 g/mol. The molecule has 1 aromatic carbocycles. The van der Waals surface area contributed by atoms with E-state index < -0.39 is 0 Å². The fourth-order valence-corrected chi connectivity index (χ4v) is 4.46. The molecule has 1 aliphatic carbocycles. The summed E-state index contributed by atoms with van der Waals surface area (Å²) in [5.74, 6) is 1.63. The van der Waals surface area contributed by atoms with E-state index in [-0.39, 0.29) is 5.41 Å². The second-order valence-corrected chi connectivity index (χ2v) is 8.05. The fourth-order valence-electron chi connectivity index (χ4n) is 4.46. The smallest absolute Gasteiger partial charge is 0.193 e. The van der Waals surface area contributed by atoms with Crippen molar-refractivity contribution in [1.29, 1.82) is 0 Å². The zero-order valence-corrected chi connectivity index (χ0v) is 16.6. The van der Waals surface area contributed by atoms with Crippen LogP contribution < -0.4 is 5.32 Å². The molecular weight excluding hydrogens is 334 g/mol. The average Bonchev–Trinajstić information content (AvgIpc) is 3.30. The summed E-state index contributed by atoms with van der Waals surface area (Å²) < 4.78 is 1.90. The number of aliphatic imine (C=N–C) groups is 1. The molecule has 1 saturated carbocycles. The molecular formula is C22H31N5. The Balaban J connectivity index is 1.47. The van der Waals surface area contributed by atoms with Crippen molar-refractivity contribution in [2.24, 2.45) is 12.0 Å². The van der Waals surface area contributed by atoms with Gasteiger partial charge in [-0.05, 0) is 37.3 Å². The molecule has 1 aromatic heterocycles. The molecule has 4 rings (SSSR count). The molecule has 5 heteroatoms. The highest BCUT2D eigenvalue weighted by Gasteiger charge is 2.38. The third-order valence-electron chi connectivity index (χ3n) is 6.25. The molecule has 1 saturated heterocycles. The first-order valence-electron chi connectivity index (χ1n) is 10.3. The van der Waals surface area contributed by atoms with Gasteiger partial charge in [-0.15, -0.1) is 0 Å². The summed E-state index contributed by atoms with van der Waals surface area (Å²) in [6, 6.07) is 11.0. The summed E-state index contributed by atoms with van der Waals surface area (Å²) in [7, 11) is 1.99. The normalized spacial score (nSPS) is 21.9. The predicted molar refractivity (Wildman–Crippen MR) is 110 cm³/mol. The van der Waals surface area contributed by atoms with Crippen molar-refractivity contribution in [3.63, 3.8) is 0 Å². The number of nitrogens with one attached hydrogen (secondary N) is 1. The van der Waals surface area contributed by atoms with Crippen molar-refractivity contribution in [3.05, 3.63) is 53.9 Å². The maximum absolute atomic E-state index is 5.11. The fraction of sp³-hybridized carbons (Fsp3) is 0.545. The molecule has 144 valence electrons. The minimum absolute atomic E-state index is 0.240. The minimum atomic E-state index is 0.240. The zero-order chi connectivity index (χ0) is 18.7. The van der Waals surface area contributed by atoms with Crippen LogP contribution in [0.3, 0.4) is 0 Å². The highest BCUT2D eigenvalue weighted by molar-refractivity contribution is 5.80. The van der Waals surface area contributed by atoms with E-state index in [1.165, 1.54) is 36.8 Å². The van der Waals surface area contributed by atoms with E-state index in [0.29, 0.717) is 5.92 Å². The van der Waals surface area contributed by atoms with Crippen LogP contribution in [0.2, 0.25) is 0 Å². The number of aromatic nitrogens is 2. The standard InChI is InChI=1S/C22H31N5/c1-3-23-21(27-13-10-18(16-27)19-14-25-26(2)15-19)24-17-22(11-7-12-22)20-8-5-4-6-9-20/h4-6,8-9,14-15,18H,3,7,10-13,16-17H2,1-2H3,(H,23,24). The van der Waals surface area contributed by atoms with Gasteiger partial charge >= 0.3 is 0 Å². The second-order valence-electron chi connectivity index (χ2n) is 8.05. The molecule has 27 heavy (non-hydrogen) atoms. The SMILES string of the molecule is CCNC(=NCC1(c2ccccc2)CCC1)N1CCC(c2cnn(C)c2)C1. The first-order valence-corrected chi connectivity index (χ1v) is 10.3. The van der Waals surface area contributed by atoms with Crippen LogP contribution in [0.4, 0.5) is 0 Å². The maximum atomic E-state index is 5.11. The molecule has 2 heterocycles. The van der Waals surface area contributed by atoms with Gasteiger partial charge in [0.1, 0.15) is 0 Å². The second kappa shape index (κ2) is 7.75. The van der Waals surface area contributed by atoms with Crippen LogP contribution in [-0.4, -0.2) is 46.8 Å². The van der Waals surface area contributed by atoms with Gasteiger partial charge < -0.3 is 10.2 Å². The lowest BCUT2D eigenvalue weighted by Crippen LogP contribution is -2.43. The van der Waals surface area contributed by atoms with E-state index in [2.05, 4.69) is 58.8 Å². The summed E-state index contributed by atoms with van der Waals surface area (Å²) in [4.78, 5) is 7.54. The molecule has 5 nitrogen and oxygen atoms in total. The van der Waals surface area contributed by atoms with Crippen LogP contribution in [0.25, 0.3) is 0 Å². The van der Waals surface area contributed by atoms with Crippen molar-refractivity contribution in [1.82, 2.24) is 20.0 Å². The molecule has 1 atom stereocenters. The summed E-state index contributed by atoms with van der Waals surface area (Å²) in [6.07, 6.45) is 9.14. The highest BCUT2D eigenvalue weighted by Crippen LogP contribution is 2.44. The number of benzene rings is 1. The van der Waals surface area contributed by atoms with E-state index in [1.807, 2.05) is 17.9 Å². The third kappa shape index (κ3) is 3.73.